The first-order chi connectivity index (χ1) is 11.5. The maximum absolute atomic E-state index is 10.9. The highest BCUT2D eigenvalue weighted by atomic mass is 35.5. The zero-order valence-electron chi connectivity index (χ0n) is 12.7. The fraction of sp³-hybridized carbons (Fsp3) is 0.111. The minimum atomic E-state index is -1.04. The number of ether oxygens (including phenoxy) is 1. The second-order valence-corrected chi connectivity index (χ2v) is 6.04. The second kappa shape index (κ2) is 6.67. The Morgan fingerprint density at radius 1 is 1.12 bits per heavy atom. The third-order valence-electron chi connectivity index (χ3n) is 3.57. The summed E-state index contributed by atoms with van der Waals surface area (Å²) in [5.41, 5.74) is 2.31. The Morgan fingerprint density at radius 2 is 1.88 bits per heavy atom. The normalized spacial score (nSPS) is 12.1. The highest BCUT2D eigenvalue weighted by Crippen LogP contribution is 2.35. The van der Waals surface area contributed by atoms with Gasteiger partial charge in [0.25, 0.3) is 0 Å². The Morgan fingerprint density at radius 3 is 2.58 bits per heavy atom. The van der Waals surface area contributed by atoms with E-state index in [-0.39, 0.29) is 0 Å². The average molecular weight is 362 g/mol. The van der Waals surface area contributed by atoms with Gasteiger partial charge in [-0.2, -0.15) is 0 Å². The molecule has 0 spiro atoms. The largest absolute Gasteiger partial charge is 0.479 e. The molecule has 0 fully saturated rings. The van der Waals surface area contributed by atoms with Gasteiger partial charge >= 0.3 is 5.97 Å². The standard InChI is InChI=1S/C18H13Cl2NO3/c1-10(18(22)23)24-11-6-7-13-14(9-17(20)21-16(13)8-11)12-4-2-3-5-15(12)19/h2-10H,1H3,(H,22,23)/t10-/m1/s1. The predicted octanol–water partition coefficient (Wildman–Crippen LogP) is 5.06. The van der Waals surface area contributed by atoms with Crippen LogP contribution in [0.1, 0.15) is 6.92 Å². The van der Waals surface area contributed by atoms with Gasteiger partial charge < -0.3 is 9.84 Å². The van der Waals surface area contributed by atoms with Crippen LogP contribution in [0.15, 0.2) is 48.5 Å². The lowest BCUT2D eigenvalue weighted by atomic mass is 10.0. The number of benzene rings is 2. The summed E-state index contributed by atoms with van der Waals surface area (Å²) in [5.74, 6) is -0.622. The first-order valence-electron chi connectivity index (χ1n) is 7.20. The Kier molecular flexibility index (Phi) is 4.60. The third-order valence-corrected chi connectivity index (χ3v) is 4.10. The predicted molar refractivity (Wildman–Crippen MR) is 94.9 cm³/mol. The van der Waals surface area contributed by atoms with Crippen LogP contribution in [-0.4, -0.2) is 22.2 Å². The molecule has 1 heterocycles. The van der Waals surface area contributed by atoms with Gasteiger partial charge in [0.05, 0.1) is 5.52 Å². The number of hydrogen-bond donors (Lipinski definition) is 1. The van der Waals surface area contributed by atoms with Gasteiger partial charge in [0.1, 0.15) is 10.9 Å². The number of hydrogen-bond acceptors (Lipinski definition) is 3. The molecule has 0 aliphatic rings. The number of carboxylic acids is 1. The van der Waals surface area contributed by atoms with Crippen LogP contribution in [-0.2, 0) is 4.79 Å². The van der Waals surface area contributed by atoms with Crippen molar-refractivity contribution in [3.8, 4) is 16.9 Å². The Hall–Kier alpha value is -2.30. The molecule has 3 aromatic rings. The van der Waals surface area contributed by atoms with E-state index in [0.717, 1.165) is 16.5 Å². The molecule has 1 N–H and O–H groups in total. The molecule has 0 radical (unpaired) electrons. The van der Waals surface area contributed by atoms with Crippen LogP contribution in [0, 0.1) is 0 Å². The van der Waals surface area contributed by atoms with E-state index in [1.165, 1.54) is 6.92 Å². The quantitative estimate of drug-likeness (QED) is 0.659. The van der Waals surface area contributed by atoms with Gasteiger partial charge in [0.2, 0.25) is 0 Å². The SMILES string of the molecule is C[C@@H](Oc1ccc2c(-c3ccccc3Cl)cc(Cl)nc2c1)C(=O)O. The molecule has 2 aromatic carbocycles. The summed E-state index contributed by atoms with van der Waals surface area (Å²) >= 11 is 12.4. The van der Waals surface area contributed by atoms with Crippen LogP contribution in [0.25, 0.3) is 22.0 Å². The van der Waals surface area contributed by atoms with E-state index in [9.17, 15) is 4.79 Å². The highest BCUT2D eigenvalue weighted by molar-refractivity contribution is 6.34. The van der Waals surface area contributed by atoms with Gasteiger partial charge in [-0.1, -0.05) is 41.4 Å². The van der Waals surface area contributed by atoms with Crippen molar-refractivity contribution in [3.63, 3.8) is 0 Å². The fourth-order valence-electron chi connectivity index (χ4n) is 2.41. The van der Waals surface area contributed by atoms with E-state index in [0.29, 0.717) is 21.4 Å². The van der Waals surface area contributed by atoms with Crippen LogP contribution in [0.3, 0.4) is 0 Å². The molecule has 0 aliphatic carbocycles. The molecular formula is C18H13Cl2NO3. The molecule has 24 heavy (non-hydrogen) atoms. The zero-order valence-corrected chi connectivity index (χ0v) is 14.2. The monoisotopic (exact) mass is 361 g/mol. The third kappa shape index (κ3) is 3.30. The highest BCUT2D eigenvalue weighted by Gasteiger charge is 2.14. The van der Waals surface area contributed by atoms with Gasteiger partial charge in [0, 0.05) is 22.0 Å². The van der Waals surface area contributed by atoms with Crippen molar-refractivity contribution >= 4 is 40.1 Å². The summed E-state index contributed by atoms with van der Waals surface area (Å²) in [6, 6.07) is 14.4. The van der Waals surface area contributed by atoms with Crippen LogP contribution in [0.4, 0.5) is 0 Å². The molecule has 1 aromatic heterocycles. The smallest absolute Gasteiger partial charge is 0.344 e. The number of aliphatic carboxylic acids is 1. The van der Waals surface area contributed by atoms with E-state index in [2.05, 4.69) is 4.98 Å². The molecule has 122 valence electrons. The molecule has 1 atom stereocenters. The number of rotatable bonds is 4. The minimum absolute atomic E-state index is 0.320. The molecule has 4 nitrogen and oxygen atoms in total. The summed E-state index contributed by atoms with van der Waals surface area (Å²) in [4.78, 5) is 15.2. The Balaban J connectivity index is 2.13. The van der Waals surface area contributed by atoms with Crippen molar-refractivity contribution in [2.24, 2.45) is 0 Å². The number of carbonyl (C=O) groups is 1. The number of halogens is 2. The maximum Gasteiger partial charge on any atom is 0.344 e. The van der Waals surface area contributed by atoms with E-state index in [4.69, 9.17) is 33.0 Å². The van der Waals surface area contributed by atoms with Gasteiger partial charge in [-0.3, -0.25) is 0 Å². The molecular weight excluding hydrogens is 349 g/mol. The van der Waals surface area contributed by atoms with Crippen molar-refractivity contribution in [2.45, 2.75) is 13.0 Å². The van der Waals surface area contributed by atoms with Gasteiger partial charge in [-0.25, -0.2) is 9.78 Å². The molecule has 0 aliphatic heterocycles. The van der Waals surface area contributed by atoms with Crippen LogP contribution < -0.4 is 4.74 Å². The van der Waals surface area contributed by atoms with Crippen molar-refractivity contribution in [1.29, 1.82) is 0 Å². The van der Waals surface area contributed by atoms with Crippen LogP contribution in [0.2, 0.25) is 10.2 Å². The summed E-state index contributed by atoms with van der Waals surface area (Å²) in [6.07, 6.45) is -0.954. The van der Waals surface area contributed by atoms with Crippen molar-refractivity contribution in [1.82, 2.24) is 4.98 Å². The van der Waals surface area contributed by atoms with Gasteiger partial charge in [-0.15, -0.1) is 0 Å². The van der Waals surface area contributed by atoms with Crippen LogP contribution in [0.5, 0.6) is 5.75 Å². The minimum Gasteiger partial charge on any atom is -0.479 e. The van der Waals surface area contributed by atoms with Crippen LogP contribution >= 0.6 is 23.2 Å². The van der Waals surface area contributed by atoms with E-state index < -0.39 is 12.1 Å². The number of fused-ring (bicyclic) bond motifs is 1. The molecule has 0 saturated heterocycles. The molecule has 0 amide bonds. The second-order valence-electron chi connectivity index (χ2n) is 5.25. The van der Waals surface area contributed by atoms with Crippen molar-refractivity contribution < 1.29 is 14.6 Å². The lowest BCUT2D eigenvalue weighted by Gasteiger charge is -2.13. The first kappa shape index (κ1) is 16.6. The summed E-state index contributed by atoms with van der Waals surface area (Å²) in [5, 5.41) is 10.7. The summed E-state index contributed by atoms with van der Waals surface area (Å²) in [7, 11) is 0. The fourth-order valence-corrected chi connectivity index (χ4v) is 2.84. The first-order valence-corrected chi connectivity index (χ1v) is 7.96. The lowest BCUT2D eigenvalue weighted by molar-refractivity contribution is -0.144. The average Bonchev–Trinajstić information content (AvgIpc) is 2.54. The van der Waals surface area contributed by atoms with E-state index >= 15 is 0 Å². The molecule has 0 unspecified atom stereocenters. The Bertz CT molecular complexity index is 927. The molecule has 0 saturated carbocycles. The number of nitrogens with zero attached hydrogens (tertiary/aromatic N) is 1. The summed E-state index contributed by atoms with van der Waals surface area (Å²) in [6.45, 7) is 1.47. The number of aromatic nitrogens is 1. The molecule has 0 bridgehead atoms. The van der Waals surface area contributed by atoms with Crippen molar-refractivity contribution in [3.05, 3.63) is 58.7 Å². The molecule has 6 heteroatoms. The van der Waals surface area contributed by atoms with E-state index in [1.54, 1.807) is 18.2 Å². The number of carboxylic acid groups (broad SMARTS) is 1. The summed E-state index contributed by atoms with van der Waals surface area (Å²) < 4.78 is 5.38. The van der Waals surface area contributed by atoms with Gasteiger partial charge in [-0.05, 0) is 36.8 Å². The Labute approximate surface area is 148 Å². The number of pyridine rings is 1. The van der Waals surface area contributed by atoms with Crippen molar-refractivity contribution in [2.75, 3.05) is 0 Å². The van der Waals surface area contributed by atoms with E-state index in [1.807, 2.05) is 30.3 Å². The molecule has 3 rings (SSSR count). The topological polar surface area (TPSA) is 59.4 Å². The maximum atomic E-state index is 10.9. The lowest BCUT2D eigenvalue weighted by Crippen LogP contribution is -2.22. The van der Waals surface area contributed by atoms with Gasteiger partial charge in [0.15, 0.2) is 6.10 Å². The zero-order chi connectivity index (χ0) is 17.3.